The maximum absolute atomic E-state index is 11.2. The standard InChI is InChI=1S/C11H14INO3/c1-11(15,10(14)16-2)7-13-9-5-3-8(12)4-6-9/h3-6,13,15H,7H2,1-2H3. The molecule has 0 heterocycles. The average molecular weight is 335 g/mol. The minimum Gasteiger partial charge on any atom is -0.467 e. The summed E-state index contributed by atoms with van der Waals surface area (Å²) in [7, 11) is 1.25. The molecule has 0 saturated heterocycles. The second kappa shape index (κ2) is 5.49. The summed E-state index contributed by atoms with van der Waals surface area (Å²) in [5.41, 5.74) is -0.665. The molecule has 1 aromatic carbocycles. The third-order valence-electron chi connectivity index (χ3n) is 2.11. The number of esters is 1. The number of hydrogen-bond acceptors (Lipinski definition) is 4. The molecule has 0 aliphatic rings. The fourth-order valence-electron chi connectivity index (χ4n) is 1.13. The van der Waals surface area contributed by atoms with Gasteiger partial charge in [0.2, 0.25) is 0 Å². The molecule has 4 nitrogen and oxygen atoms in total. The van der Waals surface area contributed by atoms with Crippen molar-refractivity contribution in [2.24, 2.45) is 0 Å². The van der Waals surface area contributed by atoms with Crippen LogP contribution in [0.3, 0.4) is 0 Å². The van der Waals surface area contributed by atoms with Crippen LogP contribution in [0.15, 0.2) is 24.3 Å². The highest BCUT2D eigenvalue weighted by Crippen LogP contribution is 2.13. The van der Waals surface area contributed by atoms with Gasteiger partial charge in [-0.2, -0.15) is 0 Å². The largest absolute Gasteiger partial charge is 0.467 e. The molecule has 1 aromatic rings. The number of hydrogen-bond donors (Lipinski definition) is 2. The van der Waals surface area contributed by atoms with Crippen LogP contribution in [0.5, 0.6) is 0 Å². The van der Waals surface area contributed by atoms with Crippen LogP contribution >= 0.6 is 22.6 Å². The number of carbonyl (C=O) groups excluding carboxylic acids is 1. The number of carbonyl (C=O) groups is 1. The molecule has 1 rings (SSSR count). The number of benzene rings is 1. The lowest BCUT2D eigenvalue weighted by molar-refractivity contribution is -0.158. The van der Waals surface area contributed by atoms with Crippen LogP contribution in [0.4, 0.5) is 5.69 Å². The molecule has 0 amide bonds. The van der Waals surface area contributed by atoms with Gasteiger partial charge in [-0.15, -0.1) is 0 Å². The number of methoxy groups -OCH3 is 1. The molecular formula is C11H14INO3. The summed E-state index contributed by atoms with van der Waals surface area (Å²) in [4.78, 5) is 11.2. The second-order valence-corrected chi connectivity index (χ2v) is 4.87. The van der Waals surface area contributed by atoms with Crippen molar-refractivity contribution in [2.45, 2.75) is 12.5 Å². The molecule has 5 heteroatoms. The summed E-state index contributed by atoms with van der Waals surface area (Å²) in [5, 5.41) is 12.7. The lowest BCUT2D eigenvalue weighted by Crippen LogP contribution is -2.42. The molecule has 0 bridgehead atoms. The Hall–Kier alpha value is -0.820. The van der Waals surface area contributed by atoms with E-state index in [1.165, 1.54) is 14.0 Å². The van der Waals surface area contributed by atoms with Crippen LogP contribution in [0.25, 0.3) is 0 Å². The Morgan fingerprint density at radius 1 is 1.50 bits per heavy atom. The van der Waals surface area contributed by atoms with E-state index < -0.39 is 11.6 Å². The number of halogens is 1. The summed E-state index contributed by atoms with van der Waals surface area (Å²) < 4.78 is 5.62. The highest BCUT2D eigenvalue weighted by atomic mass is 127. The van der Waals surface area contributed by atoms with E-state index in [0.29, 0.717) is 0 Å². The zero-order valence-corrected chi connectivity index (χ0v) is 11.3. The molecule has 0 saturated carbocycles. The normalized spacial score (nSPS) is 14.0. The third kappa shape index (κ3) is 3.64. The Labute approximate surface area is 108 Å². The maximum atomic E-state index is 11.2. The van der Waals surface area contributed by atoms with Crippen LogP contribution in [-0.2, 0) is 9.53 Å². The SMILES string of the molecule is COC(=O)C(C)(O)CNc1ccc(I)cc1. The first-order chi connectivity index (χ1) is 7.45. The van der Waals surface area contributed by atoms with E-state index in [-0.39, 0.29) is 6.54 Å². The first kappa shape index (κ1) is 13.2. The molecule has 0 aromatic heterocycles. The van der Waals surface area contributed by atoms with E-state index in [9.17, 15) is 9.90 Å². The fourth-order valence-corrected chi connectivity index (χ4v) is 1.49. The number of ether oxygens (including phenoxy) is 1. The zero-order chi connectivity index (χ0) is 12.2. The molecule has 0 spiro atoms. The molecule has 16 heavy (non-hydrogen) atoms. The van der Waals surface area contributed by atoms with E-state index in [2.05, 4.69) is 32.6 Å². The third-order valence-corrected chi connectivity index (χ3v) is 2.83. The van der Waals surface area contributed by atoms with Crippen LogP contribution in [0, 0.1) is 3.57 Å². The Kier molecular flexibility index (Phi) is 4.55. The summed E-state index contributed by atoms with van der Waals surface area (Å²) >= 11 is 2.21. The lowest BCUT2D eigenvalue weighted by atomic mass is 10.1. The molecule has 0 aliphatic carbocycles. The topological polar surface area (TPSA) is 58.6 Å². The highest BCUT2D eigenvalue weighted by Gasteiger charge is 2.30. The summed E-state index contributed by atoms with van der Waals surface area (Å²) in [6.45, 7) is 1.53. The van der Waals surface area contributed by atoms with E-state index in [0.717, 1.165) is 9.26 Å². The first-order valence-corrected chi connectivity index (χ1v) is 5.84. The van der Waals surface area contributed by atoms with Crippen LogP contribution in [-0.4, -0.2) is 30.3 Å². The molecule has 0 aliphatic heterocycles. The Bertz CT molecular complexity index is 362. The smallest absolute Gasteiger partial charge is 0.339 e. The first-order valence-electron chi connectivity index (χ1n) is 4.76. The van der Waals surface area contributed by atoms with Crippen molar-refractivity contribution >= 4 is 34.2 Å². The van der Waals surface area contributed by atoms with Crippen molar-refractivity contribution < 1.29 is 14.6 Å². The maximum Gasteiger partial charge on any atom is 0.339 e. The molecule has 1 atom stereocenters. The van der Waals surface area contributed by atoms with Gasteiger partial charge in [0.15, 0.2) is 5.60 Å². The summed E-state index contributed by atoms with van der Waals surface area (Å²) in [6, 6.07) is 7.65. The molecule has 1 unspecified atom stereocenters. The number of nitrogens with one attached hydrogen (secondary N) is 1. The molecule has 2 N–H and O–H groups in total. The average Bonchev–Trinajstić information content (AvgIpc) is 2.27. The predicted octanol–water partition coefficient (Wildman–Crippen LogP) is 1.63. The number of rotatable bonds is 4. The second-order valence-electron chi connectivity index (χ2n) is 3.63. The van der Waals surface area contributed by atoms with Crippen molar-refractivity contribution in [1.82, 2.24) is 0 Å². The fraction of sp³-hybridized carbons (Fsp3) is 0.364. The molecule has 0 fully saturated rings. The Balaban J connectivity index is 2.57. The van der Waals surface area contributed by atoms with Gasteiger partial charge in [-0.1, -0.05) is 0 Å². The van der Waals surface area contributed by atoms with Crippen molar-refractivity contribution in [3.63, 3.8) is 0 Å². The minimum atomic E-state index is -1.52. The van der Waals surface area contributed by atoms with Crippen molar-refractivity contribution in [3.05, 3.63) is 27.8 Å². The van der Waals surface area contributed by atoms with E-state index in [4.69, 9.17) is 0 Å². The monoisotopic (exact) mass is 335 g/mol. The van der Waals surface area contributed by atoms with Gasteiger partial charge in [-0.05, 0) is 53.8 Å². The van der Waals surface area contributed by atoms with Gasteiger partial charge >= 0.3 is 5.97 Å². The number of aliphatic hydroxyl groups is 1. The highest BCUT2D eigenvalue weighted by molar-refractivity contribution is 14.1. The van der Waals surface area contributed by atoms with Gasteiger partial charge in [0.25, 0.3) is 0 Å². The van der Waals surface area contributed by atoms with Crippen LogP contribution < -0.4 is 5.32 Å². The van der Waals surface area contributed by atoms with E-state index >= 15 is 0 Å². The quantitative estimate of drug-likeness (QED) is 0.649. The summed E-state index contributed by atoms with van der Waals surface area (Å²) in [6.07, 6.45) is 0. The van der Waals surface area contributed by atoms with Crippen molar-refractivity contribution in [1.29, 1.82) is 0 Å². The minimum absolute atomic E-state index is 0.111. The van der Waals surface area contributed by atoms with Crippen LogP contribution in [0.2, 0.25) is 0 Å². The van der Waals surface area contributed by atoms with Gasteiger partial charge in [0.1, 0.15) is 0 Å². The van der Waals surface area contributed by atoms with Gasteiger partial charge in [-0.3, -0.25) is 0 Å². The lowest BCUT2D eigenvalue weighted by Gasteiger charge is -2.21. The van der Waals surface area contributed by atoms with Gasteiger partial charge in [-0.25, -0.2) is 4.79 Å². The Morgan fingerprint density at radius 2 is 2.06 bits per heavy atom. The molecule has 88 valence electrons. The van der Waals surface area contributed by atoms with Gasteiger partial charge in [0, 0.05) is 9.26 Å². The van der Waals surface area contributed by atoms with Gasteiger partial charge < -0.3 is 15.2 Å². The number of anilines is 1. The van der Waals surface area contributed by atoms with E-state index in [1.807, 2.05) is 24.3 Å². The van der Waals surface area contributed by atoms with Crippen molar-refractivity contribution in [3.8, 4) is 0 Å². The van der Waals surface area contributed by atoms with Gasteiger partial charge in [0.05, 0.1) is 13.7 Å². The summed E-state index contributed by atoms with van der Waals surface area (Å²) in [5.74, 6) is -0.648. The molecular weight excluding hydrogens is 321 g/mol. The van der Waals surface area contributed by atoms with E-state index in [1.54, 1.807) is 0 Å². The van der Waals surface area contributed by atoms with Crippen molar-refractivity contribution in [2.75, 3.05) is 19.0 Å². The zero-order valence-electron chi connectivity index (χ0n) is 9.16. The molecule has 0 radical (unpaired) electrons. The van der Waals surface area contributed by atoms with Crippen LogP contribution in [0.1, 0.15) is 6.92 Å². The predicted molar refractivity (Wildman–Crippen MR) is 70.3 cm³/mol. The Morgan fingerprint density at radius 3 is 2.56 bits per heavy atom.